The highest BCUT2D eigenvalue weighted by Crippen LogP contribution is 2.36. The molecule has 0 spiro atoms. The minimum atomic E-state index is -0.132. The zero-order chi connectivity index (χ0) is 17.9. The molecule has 4 nitrogen and oxygen atoms in total. The van der Waals surface area contributed by atoms with Crippen molar-refractivity contribution in [3.63, 3.8) is 0 Å². The minimum Gasteiger partial charge on any atom is -0.496 e. The van der Waals surface area contributed by atoms with Crippen LogP contribution in [0.25, 0.3) is 0 Å². The van der Waals surface area contributed by atoms with Gasteiger partial charge in [0, 0.05) is 12.3 Å². The lowest BCUT2D eigenvalue weighted by atomic mass is 9.82. The zero-order valence-electron chi connectivity index (χ0n) is 15.3. The van der Waals surface area contributed by atoms with Gasteiger partial charge in [-0.2, -0.15) is 0 Å². The number of quaternary nitrogens is 1. The molecule has 2 fully saturated rings. The molecule has 5 heteroatoms. The molecule has 2 saturated heterocycles. The summed E-state index contributed by atoms with van der Waals surface area (Å²) >= 11 is 3.46. The molecule has 1 aromatic rings. The Kier molecular flexibility index (Phi) is 6.05. The molecule has 1 unspecified atom stereocenters. The Morgan fingerprint density at radius 2 is 2.04 bits per heavy atom. The average Bonchev–Trinajstić information content (AvgIpc) is 2.59. The summed E-state index contributed by atoms with van der Waals surface area (Å²) < 4.78 is 13.0. The lowest BCUT2D eigenvalue weighted by molar-refractivity contribution is -0.947. The van der Waals surface area contributed by atoms with Crippen molar-refractivity contribution in [1.82, 2.24) is 0 Å². The van der Waals surface area contributed by atoms with Gasteiger partial charge in [0.2, 0.25) is 0 Å². The molecule has 3 atom stereocenters. The Balaban J connectivity index is 1.54. The first-order chi connectivity index (χ1) is 12.0. The van der Waals surface area contributed by atoms with E-state index in [1.165, 1.54) is 49.7 Å². The van der Waals surface area contributed by atoms with Crippen molar-refractivity contribution in [1.29, 1.82) is 0 Å². The van der Waals surface area contributed by atoms with E-state index in [-0.39, 0.29) is 5.97 Å². The van der Waals surface area contributed by atoms with Gasteiger partial charge in [-0.1, -0.05) is 6.07 Å². The fourth-order valence-electron chi connectivity index (χ4n) is 4.67. The van der Waals surface area contributed by atoms with Crippen LogP contribution in [-0.4, -0.2) is 50.3 Å². The van der Waals surface area contributed by atoms with E-state index in [2.05, 4.69) is 23.0 Å². The highest BCUT2D eigenvalue weighted by molar-refractivity contribution is 9.10. The largest absolute Gasteiger partial charge is 0.496 e. The van der Waals surface area contributed by atoms with Gasteiger partial charge >= 0.3 is 5.97 Å². The number of hydrogen-bond donors (Lipinski definition) is 0. The predicted molar refractivity (Wildman–Crippen MR) is 102 cm³/mol. The maximum Gasteiger partial charge on any atom is 0.310 e. The molecule has 0 saturated carbocycles. The molecule has 2 heterocycles. The molecule has 2 aliphatic rings. The second kappa shape index (κ2) is 8.09. The summed E-state index contributed by atoms with van der Waals surface area (Å²) in [7, 11) is 4.03. The van der Waals surface area contributed by atoms with Crippen molar-refractivity contribution < 1.29 is 18.8 Å². The lowest BCUT2D eigenvalue weighted by Gasteiger charge is -2.51. The van der Waals surface area contributed by atoms with Crippen molar-refractivity contribution in [3.8, 4) is 5.75 Å². The van der Waals surface area contributed by atoms with Crippen LogP contribution in [0.4, 0.5) is 0 Å². The molecule has 25 heavy (non-hydrogen) atoms. The van der Waals surface area contributed by atoms with E-state index < -0.39 is 0 Å². The summed E-state index contributed by atoms with van der Waals surface area (Å²) in [5, 5.41) is 0. The standard InChI is InChI=1S/C20H29BrNO3/c1-22-10-4-3-7-18(22)16(6-5-11-22)14-25-20(23)13-15-8-9-19(24-2)17(21)12-15/h8-9,12,16,18H,3-7,10-11,13-14H2,1-2H3/q+1/t16-,18+,22?/m1/s1. The van der Waals surface area contributed by atoms with Crippen molar-refractivity contribution in [3.05, 3.63) is 28.2 Å². The summed E-state index contributed by atoms with van der Waals surface area (Å²) in [6, 6.07) is 6.39. The molecule has 138 valence electrons. The summed E-state index contributed by atoms with van der Waals surface area (Å²) in [6.07, 6.45) is 6.70. The van der Waals surface area contributed by atoms with Crippen LogP contribution >= 0.6 is 15.9 Å². The van der Waals surface area contributed by atoms with Crippen molar-refractivity contribution in [2.24, 2.45) is 5.92 Å². The smallest absolute Gasteiger partial charge is 0.310 e. The van der Waals surface area contributed by atoms with Crippen LogP contribution in [0.3, 0.4) is 0 Å². The zero-order valence-corrected chi connectivity index (χ0v) is 16.9. The summed E-state index contributed by atoms with van der Waals surface area (Å²) in [6.45, 7) is 3.15. The molecule has 3 rings (SSSR count). The maximum atomic E-state index is 12.3. The van der Waals surface area contributed by atoms with E-state index >= 15 is 0 Å². The number of nitrogens with zero attached hydrogens (tertiary/aromatic N) is 1. The van der Waals surface area contributed by atoms with Crippen molar-refractivity contribution >= 4 is 21.9 Å². The summed E-state index contributed by atoms with van der Waals surface area (Å²) in [5.41, 5.74) is 0.944. The van der Waals surface area contributed by atoms with E-state index in [4.69, 9.17) is 9.47 Å². The molecule has 0 amide bonds. The molecule has 2 aliphatic heterocycles. The van der Waals surface area contributed by atoms with Crippen LogP contribution in [0.5, 0.6) is 5.75 Å². The Labute approximate surface area is 159 Å². The number of rotatable bonds is 5. The normalized spacial score (nSPS) is 28.9. The number of halogens is 1. The topological polar surface area (TPSA) is 35.5 Å². The molecule has 0 N–H and O–H groups in total. The van der Waals surface area contributed by atoms with E-state index in [0.717, 1.165) is 15.8 Å². The Morgan fingerprint density at radius 3 is 2.80 bits per heavy atom. The first kappa shape index (κ1) is 18.7. The van der Waals surface area contributed by atoms with Crippen LogP contribution < -0.4 is 4.74 Å². The molecule has 0 aromatic heterocycles. The number of hydrogen-bond acceptors (Lipinski definition) is 3. The number of benzene rings is 1. The van der Waals surface area contributed by atoms with E-state index in [9.17, 15) is 4.79 Å². The van der Waals surface area contributed by atoms with E-state index in [1.807, 2.05) is 18.2 Å². The first-order valence-corrected chi connectivity index (χ1v) is 10.1. The Bertz CT molecular complexity index is 617. The van der Waals surface area contributed by atoms with Gasteiger partial charge in [-0.3, -0.25) is 4.79 Å². The number of carbonyl (C=O) groups is 1. The second-order valence-corrected chi connectivity index (χ2v) is 8.58. The van der Waals surface area contributed by atoms with Crippen LogP contribution in [0.1, 0.15) is 37.7 Å². The number of piperidine rings is 2. The van der Waals surface area contributed by atoms with Crippen LogP contribution in [0.2, 0.25) is 0 Å². The predicted octanol–water partition coefficient (Wildman–Crippen LogP) is 3.95. The number of esters is 1. The Hall–Kier alpha value is -1.07. The second-order valence-electron chi connectivity index (χ2n) is 7.72. The van der Waals surface area contributed by atoms with Crippen LogP contribution in [0.15, 0.2) is 22.7 Å². The van der Waals surface area contributed by atoms with Gasteiger partial charge in [-0.25, -0.2) is 0 Å². The molecule has 0 radical (unpaired) electrons. The third kappa shape index (κ3) is 4.37. The van der Waals surface area contributed by atoms with Crippen molar-refractivity contribution in [2.75, 3.05) is 33.9 Å². The van der Waals surface area contributed by atoms with Crippen LogP contribution in [-0.2, 0) is 16.0 Å². The SMILES string of the molecule is COc1ccc(CC(=O)OC[C@H]2CCC[N+]3(C)CCCC[C@@H]23)cc1Br. The highest BCUT2D eigenvalue weighted by Gasteiger charge is 2.43. The average molecular weight is 411 g/mol. The van der Waals surface area contributed by atoms with Crippen molar-refractivity contribution in [2.45, 2.75) is 44.6 Å². The van der Waals surface area contributed by atoms with Crippen LogP contribution in [0, 0.1) is 5.92 Å². The fraction of sp³-hybridized carbons (Fsp3) is 0.650. The van der Waals surface area contributed by atoms with E-state index in [1.54, 1.807) is 7.11 Å². The number of ether oxygens (including phenoxy) is 2. The van der Waals surface area contributed by atoms with E-state index in [0.29, 0.717) is 25.0 Å². The molecule has 0 bridgehead atoms. The highest BCUT2D eigenvalue weighted by atomic mass is 79.9. The van der Waals surface area contributed by atoms with Gasteiger partial charge in [0.05, 0.1) is 50.8 Å². The quantitative estimate of drug-likeness (QED) is 0.544. The maximum absolute atomic E-state index is 12.3. The third-order valence-corrected chi connectivity index (χ3v) is 6.65. The number of carbonyl (C=O) groups excluding carboxylic acids is 1. The summed E-state index contributed by atoms with van der Waals surface area (Å²) in [4.78, 5) is 12.3. The van der Waals surface area contributed by atoms with Gasteiger partial charge in [-0.05, 0) is 59.3 Å². The first-order valence-electron chi connectivity index (χ1n) is 9.34. The van der Waals surface area contributed by atoms with Gasteiger partial charge in [-0.15, -0.1) is 0 Å². The van der Waals surface area contributed by atoms with Gasteiger partial charge in [0.15, 0.2) is 0 Å². The van der Waals surface area contributed by atoms with Gasteiger partial charge < -0.3 is 14.0 Å². The lowest BCUT2D eigenvalue weighted by Crippen LogP contribution is -2.61. The fourth-order valence-corrected chi connectivity index (χ4v) is 5.25. The van der Waals surface area contributed by atoms with Gasteiger partial charge in [0.25, 0.3) is 0 Å². The monoisotopic (exact) mass is 410 g/mol. The number of methoxy groups -OCH3 is 1. The number of fused-ring (bicyclic) bond motifs is 1. The third-order valence-electron chi connectivity index (χ3n) is 6.03. The molecule has 0 aliphatic carbocycles. The molecular formula is C20H29BrNO3+. The minimum absolute atomic E-state index is 0.132. The Morgan fingerprint density at radius 1 is 1.24 bits per heavy atom. The molecular weight excluding hydrogens is 382 g/mol. The molecule has 1 aromatic carbocycles. The summed E-state index contributed by atoms with van der Waals surface area (Å²) in [5.74, 6) is 1.16. The van der Waals surface area contributed by atoms with Gasteiger partial charge in [0.1, 0.15) is 5.75 Å².